The Morgan fingerprint density at radius 3 is 2.57 bits per heavy atom. The van der Waals surface area contributed by atoms with E-state index in [-0.39, 0.29) is 6.04 Å². The Labute approximate surface area is 128 Å². The first kappa shape index (κ1) is 16.0. The van der Waals surface area contributed by atoms with Crippen LogP contribution in [0.3, 0.4) is 0 Å². The molecule has 1 saturated carbocycles. The van der Waals surface area contributed by atoms with Crippen LogP contribution in [0.2, 0.25) is 0 Å². The standard InChI is InChI=1S/C18H26N2O/c1-15(2)20-18(14-19,17-6-4-3-5-7-17)11-13-21-12-10-16-8-9-16/h3-7,15-16,20H,8-13H2,1-2H3. The summed E-state index contributed by atoms with van der Waals surface area (Å²) in [4.78, 5) is 0. The van der Waals surface area contributed by atoms with E-state index in [1.165, 1.54) is 19.3 Å². The first-order chi connectivity index (χ1) is 10.2. The number of nitrogens with one attached hydrogen (secondary N) is 1. The van der Waals surface area contributed by atoms with Crippen molar-refractivity contribution in [3.05, 3.63) is 35.9 Å². The topological polar surface area (TPSA) is 45.0 Å². The molecule has 1 fully saturated rings. The van der Waals surface area contributed by atoms with E-state index in [4.69, 9.17) is 4.74 Å². The van der Waals surface area contributed by atoms with E-state index in [2.05, 4.69) is 25.2 Å². The molecule has 1 aliphatic rings. The van der Waals surface area contributed by atoms with E-state index >= 15 is 0 Å². The van der Waals surface area contributed by atoms with Crippen LogP contribution in [0.25, 0.3) is 0 Å². The van der Waals surface area contributed by atoms with Gasteiger partial charge in [-0.2, -0.15) is 5.26 Å². The normalized spacial score (nSPS) is 17.4. The van der Waals surface area contributed by atoms with Crippen LogP contribution in [-0.2, 0) is 10.3 Å². The van der Waals surface area contributed by atoms with Crippen molar-refractivity contribution in [1.29, 1.82) is 5.26 Å². The third-order valence-electron chi connectivity index (χ3n) is 3.98. The summed E-state index contributed by atoms with van der Waals surface area (Å²) in [6, 6.07) is 12.7. The Morgan fingerprint density at radius 1 is 1.29 bits per heavy atom. The van der Waals surface area contributed by atoms with Gasteiger partial charge >= 0.3 is 0 Å². The molecule has 0 aliphatic heterocycles. The maximum atomic E-state index is 9.77. The Hall–Kier alpha value is -1.37. The van der Waals surface area contributed by atoms with Crippen LogP contribution in [0.4, 0.5) is 0 Å². The molecule has 1 aromatic carbocycles. The lowest BCUT2D eigenvalue weighted by Gasteiger charge is -2.30. The van der Waals surface area contributed by atoms with E-state index < -0.39 is 5.54 Å². The van der Waals surface area contributed by atoms with Gasteiger partial charge in [0, 0.05) is 25.7 Å². The van der Waals surface area contributed by atoms with Crippen molar-refractivity contribution in [3.8, 4) is 6.07 Å². The van der Waals surface area contributed by atoms with Crippen LogP contribution in [0, 0.1) is 17.2 Å². The Morgan fingerprint density at radius 2 is 2.00 bits per heavy atom. The van der Waals surface area contributed by atoms with Crippen molar-refractivity contribution in [2.24, 2.45) is 5.92 Å². The SMILES string of the molecule is CC(C)NC(C#N)(CCOCCC1CC1)c1ccccc1. The van der Waals surface area contributed by atoms with Gasteiger partial charge in [0.2, 0.25) is 0 Å². The maximum Gasteiger partial charge on any atom is 0.134 e. The molecule has 1 N–H and O–H groups in total. The fourth-order valence-electron chi connectivity index (χ4n) is 2.65. The third-order valence-corrected chi connectivity index (χ3v) is 3.98. The summed E-state index contributed by atoms with van der Waals surface area (Å²) in [5.74, 6) is 0.897. The zero-order chi connectivity index (χ0) is 15.1. The van der Waals surface area contributed by atoms with Gasteiger partial charge in [0.15, 0.2) is 0 Å². The van der Waals surface area contributed by atoms with Gasteiger partial charge in [0.05, 0.1) is 6.07 Å². The van der Waals surface area contributed by atoms with Crippen molar-refractivity contribution in [1.82, 2.24) is 5.32 Å². The number of hydrogen-bond donors (Lipinski definition) is 1. The maximum absolute atomic E-state index is 9.77. The number of hydrogen-bond acceptors (Lipinski definition) is 3. The van der Waals surface area contributed by atoms with E-state index in [9.17, 15) is 5.26 Å². The molecule has 0 radical (unpaired) electrons. The lowest BCUT2D eigenvalue weighted by Crippen LogP contribution is -2.45. The second-order valence-electron chi connectivity index (χ2n) is 6.28. The largest absolute Gasteiger partial charge is 0.381 e. The van der Waals surface area contributed by atoms with Crippen molar-refractivity contribution in [2.45, 2.75) is 51.1 Å². The number of nitrogens with zero attached hydrogens (tertiary/aromatic N) is 1. The molecular weight excluding hydrogens is 260 g/mol. The van der Waals surface area contributed by atoms with Gasteiger partial charge in [-0.1, -0.05) is 43.2 Å². The summed E-state index contributed by atoms with van der Waals surface area (Å²) >= 11 is 0. The predicted molar refractivity (Wildman–Crippen MR) is 84.8 cm³/mol. The minimum Gasteiger partial charge on any atom is -0.381 e. The summed E-state index contributed by atoms with van der Waals surface area (Å²) in [6.45, 7) is 5.59. The number of rotatable bonds is 9. The minimum absolute atomic E-state index is 0.247. The van der Waals surface area contributed by atoms with Crippen molar-refractivity contribution in [2.75, 3.05) is 13.2 Å². The lowest BCUT2D eigenvalue weighted by molar-refractivity contribution is 0.109. The van der Waals surface area contributed by atoms with E-state index in [1.54, 1.807) is 0 Å². The van der Waals surface area contributed by atoms with E-state index in [0.29, 0.717) is 13.0 Å². The van der Waals surface area contributed by atoms with Crippen molar-refractivity contribution < 1.29 is 4.74 Å². The molecule has 0 amide bonds. The van der Waals surface area contributed by atoms with Crippen molar-refractivity contribution >= 4 is 0 Å². The van der Waals surface area contributed by atoms with Crippen LogP contribution in [0.1, 0.15) is 45.1 Å². The average Bonchev–Trinajstić information content (AvgIpc) is 3.30. The second kappa shape index (κ2) is 7.59. The quantitative estimate of drug-likeness (QED) is 0.705. The van der Waals surface area contributed by atoms with Gasteiger partial charge in [0.25, 0.3) is 0 Å². The highest BCUT2D eigenvalue weighted by atomic mass is 16.5. The van der Waals surface area contributed by atoms with Crippen LogP contribution >= 0.6 is 0 Å². The average molecular weight is 286 g/mol. The molecule has 1 atom stereocenters. The van der Waals surface area contributed by atoms with Crippen LogP contribution < -0.4 is 5.32 Å². The number of benzene rings is 1. The van der Waals surface area contributed by atoms with E-state index in [1.807, 2.05) is 30.3 Å². The van der Waals surface area contributed by atoms with Gasteiger partial charge in [-0.05, 0) is 31.7 Å². The third kappa shape index (κ3) is 4.84. The molecule has 1 aliphatic carbocycles. The highest BCUT2D eigenvalue weighted by Crippen LogP contribution is 2.32. The van der Waals surface area contributed by atoms with Crippen LogP contribution in [-0.4, -0.2) is 19.3 Å². The Balaban J connectivity index is 1.95. The molecule has 0 saturated heterocycles. The van der Waals surface area contributed by atoms with Gasteiger partial charge in [-0.3, -0.25) is 5.32 Å². The Kier molecular flexibility index (Phi) is 5.78. The Bertz CT molecular complexity index is 462. The molecule has 1 aromatic rings. The monoisotopic (exact) mass is 286 g/mol. The van der Waals surface area contributed by atoms with Crippen LogP contribution in [0.5, 0.6) is 0 Å². The molecule has 3 heteroatoms. The molecule has 1 unspecified atom stereocenters. The molecular formula is C18H26N2O. The smallest absolute Gasteiger partial charge is 0.134 e. The summed E-state index contributed by atoms with van der Waals surface area (Å²) in [5.41, 5.74) is 0.363. The van der Waals surface area contributed by atoms with E-state index in [0.717, 1.165) is 18.1 Å². The number of nitriles is 1. The zero-order valence-electron chi connectivity index (χ0n) is 13.1. The molecule has 114 valence electrons. The van der Waals surface area contributed by atoms with Crippen molar-refractivity contribution in [3.63, 3.8) is 0 Å². The number of ether oxygens (including phenoxy) is 1. The van der Waals surface area contributed by atoms with Gasteiger partial charge in [-0.25, -0.2) is 0 Å². The van der Waals surface area contributed by atoms with Gasteiger partial charge < -0.3 is 4.74 Å². The lowest BCUT2D eigenvalue weighted by atomic mass is 9.87. The highest BCUT2D eigenvalue weighted by Gasteiger charge is 2.32. The molecule has 0 heterocycles. The fourth-order valence-corrected chi connectivity index (χ4v) is 2.65. The molecule has 21 heavy (non-hydrogen) atoms. The predicted octanol–water partition coefficient (Wildman–Crippen LogP) is 3.61. The molecule has 0 aromatic heterocycles. The fraction of sp³-hybridized carbons (Fsp3) is 0.611. The summed E-state index contributed by atoms with van der Waals surface area (Å²) in [6.07, 6.45) is 4.58. The van der Waals surface area contributed by atoms with Gasteiger partial charge in [-0.15, -0.1) is 0 Å². The van der Waals surface area contributed by atoms with Gasteiger partial charge in [0.1, 0.15) is 5.54 Å². The summed E-state index contributed by atoms with van der Waals surface area (Å²) in [5, 5.41) is 13.2. The highest BCUT2D eigenvalue weighted by molar-refractivity contribution is 5.31. The zero-order valence-corrected chi connectivity index (χ0v) is 13.1. The van der Waals surface area contributed by atoms with Crippen LogP contribution in [0.15, 0.2) is 30.3 Å². The first-order valence-electron chi connectivity index (χ1n) is 7.98. The summed E-state index contributed by atoms with van der Waals surface area (Å²) in [7, 11) is 0. The summed E-state index contributed by atoms with van der Waals surface area (Å²) < 4.78 is 5.75. The second-order valence-corrected chi connectivity index (χ2v) is 6.28. The molecule has 3 nitrogen and oxygen atoms in total. The first-order valence-corrected chi connectivity index (χ1v) is 7.98. The minimum atomic E-state index is -0.658. The molecule has 2 rings (SSSR count). The molecule has 0 bridgehead atoms. The molecule has 0 spiro atoms.